The van der Waals surface area contributed by atoms with Crippen molar-refractivity contribution in [2.75, 3.05) is 32.7 Å². The van der Waals surface area contributed by atoms with Crippen LogP contribution in [0.1, 0.15) is 17.7 Å². The number of rotatable bonds is 4. The van der Waals surface area contributed by atoms with Crippen LogP contribution in [-0.2, 0) is 6.42 Å². The van der Waals surface area contributed by atoms with Crippen LogP contribution in [0.15, 0.2) is 18.2 Å². The summed E-state index contributed by atoms with van der Waals surface area (Å²) >= 11 is 0. The van der Waals surface area contributed by atoms with Gasteiger partial charge in [-0.15, -0.1) is 0 Å². The third kappa shape index (κ3) is 2.86. The molecule has 1 fully saturated rings. The number of nitrogens with one attached hydrogen (secondary N) is 2. The number of hydrogen-bond donors (Lipinski definition) is 2. The lowest BCUT2D eigenvalue weighted by Gasteiger charge is -2.27. The van der Waals surface area contributed by atoms with Crippen LogP contribution in [0.2, 0.25) is 0 Å². The van der Waals surface area contributed by atoms with Crippen LogP contribution in [0.5, 0.6) is 0 Å². The van der Waals surface area contributed by atoms with Crippen molar-refractivity contribution >= 4 is 10.9 Å². The van der Waals surface area contributed by atoms with E-state index in [0.717, 1.165) is 51.1 Å². The molecule has 2 aromatic rings. The van der Waals surface area contributed by atoms with Gasteiger partial charge in [-0.05, 0) is 50.1 Å². The van der Waals surface area contributed by atoms with Crippen LogP contribution in [0.4, 0.5) is 4.39 Å². The average Bonchev–Trinajstić information content (AvgIpc) is 2.75. The van der Waals surface area contributed by atoms with Crippen molar-refractivity contribution in [3.05, 3.63) is 35.3 Å². The quantitative estimate of drug-likeness (QED) is 0.898. The monoisotopic (exact) mass is 275 g/mol. The van der Waals surface area contributed by atoms with Gasteiger partial charge in [-0.25, -0.2) is 4.39 Å². The molecule has 3 rings (SSSR count). The molecule has 4 heteroatoms. The summed E-state index contributed by atoms with van der Waals surface area (Å²) in [6, 6.07) is 5.03. The lowest BCUT2D eigenvalue weighted by molar-refractivity contribution is 0.238. The second kappa shape index (κ2) is 5.94. The van der Waals surface area contributed by atoms with E-state index < -0.39 is 0 Å². The molecule has 1 aliphatic heterocycles. The van der Waals surface area contributed by atoms with Crippen molar-refractivity contribution in [2.24, 2.45) is 0 Å². The summed E-state index contributed by atoms with van der Waals surface area (Å²) < 4.78 is 13.2. The SMILES string of the molecule is Cc1[nH]c2cc(F)ccc2c1CCCN1CCNCC1. The first-order chi connectivity index (χ1) is 9.74. The van der Waals surface area contributed by atoms with Crippen LogP contribution in [0, 0.1) is 12.7 Å². The zero-order valence-corrected chi connectivity index (χ0v) is 12.0. The molecule has 1 aliphatic rings. The smallest absolute Gasteiger partial charge is 0.125 e. The molecule has 1 saturated heterocycles. The van der Waals surface area contributed by atoms with Gasteiger partial charge in [0.15, 0.2) is 0 Å². The van der Waals surface area contributed by atoms with Gasteiger partial charge in [0.05, 0.1) is 0 Å². The predicted octanol–water partition coefficient (Wildman–Crippen LogP) is 2.45. The number of nitrogens with zero attached hydrogens (tertiary/aromatic N) is 1. The highest BCUT2D eigenvalue weighted by molar-refractivity contribution is 5.84. The minimum atomic E-state index is -0.175. The third-order valence-corrected chi connectivity index (χ3v) is 4.19. The fraction of sp³-hybridized carbons (Fsp3) is 0.500. The minimum Gasteiger partial charge on any atom is -0.358 e. The van der Waals surface area contributed by atoms with Crippen LogP contribution in [0.25, 0.3) is 10.9 Å². The van der Waals surface area contributed by atoms with E-state index in [-0.39, 0.29) is 5.82 Å². The van der Waals surface area contributed by atoms with Gasteiger partial charge in [0.1, 0.15) is 5.82 Å². The van der Waals surface area contributed by atoms with Crippen molar-refractivity contribution in [3.8, 4) is 0 Å². The Morgan fingerprint density at radius 1 is 1.25 bits per heavy atom. The summed E-state index contributed by atoms with van der Waals surface area (Å²) in [7, 11) is 0. The van der Waals surface area contributed by atoms with Crippen molar-refractivity contribution in [3.63, 3.8) is 0 Å². The molecule has 0 spiro atoms. The number of hydrogen-bond acceptors (Lipinski definition) is 2. The van der Waals surface area contributed by atoms with E-state index in [1.165, 1.54) is 16.6 Å². The summed E-state index contributed by atoms with van der Waals surface area (Å²) in [4.78, 5) is 5.81. The second-order valence-corrected chi connectivity index (χ2v) is 5.61. The van der Waals surface area contributed by atoms with Crippen LogP contribution in [0.3, 0.4) is 0 Å². The Morgan fingerprint density at radius 2 is 2.05 bits per heavy atom. The van der Waals surface area contributed by atoms with Gasteiger partial charge in [0.25, 0.3) is 0 Å². The van der Waals surface area contributed by atoms with Gasteiger partial charge in [0, 0.05) is 42.8 Å². The molecular formula is C16H22FN3. The molecule has 108 valence electrons. The summed E-state index contributed by atoms with van der Waals surface area (Å²) in [6.07, 6.45) is 2.21. The number of H-pyrrole nitrogens is 1. The Balaban J connectivity index is 1.66. The Bertz CT molecular complexity index is 585. The van der Waals surface area contributed by atoms with Crippen molar-refractivity contribution in [1.29, 1.82) is 0 Å². The van der Waals surface area contributed by atoms with E-state index in [4.69, 9.17) is 0 Å². The van der Waals surface area contributed by atoms with Gasteiger partial charge < -0.3 is 15.2 Å². The third-order valence-electron chi connectivity index (χ3n) is 4.19. The standard InChI is InChI=1S/C16H22FN3/c1-12-14(3-2-8-20-9-6-18-7-10-20)15-5-4-13(17)11-16(15)19-12/h4-5,11,18-19H,2-3,6-10H2,1H3. The maximum absolute atomic E-state index is 13.2. The molecule has 0 bridgehead atoms. The maximum Gasteiger partial charge on any atom is 0.125 e. The van der Waals surface area contributed by atoms with Crippen molar-refractivity contribution < 1.29 is 4.39 Å². The zero-order valence-electron chi connectivity index (χ0n) is 12.0. The summed E-state index contributed by atoms with van der Waals surface area (Å²) in [5, 5.41) is 4.55. The first-order valence-electron chi connectivity index (χ1n) is 7.44. The number of aryl methyl sites for hydroxylation is 2. The van der Waals surface area contributed by atoms with E-state index in [9.17, 15) is 4.39 Å². The fourth-order valence-electron chi connectivity index (χ4n) is 3.10. The van der Waals surface area contributed by atoms with Gasteiger partial charge >= 0.3 is 0 Å². The fourth-order valence-corrected chi connectivity index (χ4v) is 3.10. The highest BCUT2D eigenvalue weighted by Crippen LogP contribution is 2.24. The van der Waals surface area contributed by atoms with E-state index in [2.05, 4.69) is 22.1 Å². The molecule has 0 aliphatic carbocycles. The molecule has 0 atom stereocenters. The topological polar surface area (TPSA) is 31.1 Å². The van der Waals surface area contributed by atoms with Crippen molar-refractivity contribution in [2.45, 2.75) is 19.8 Å². The molecule has 2 N–H and O–H groups in total. The van der Waals surface area contributed by atoms with Gasteiger partial charge in [0.2, 0.25) is 0 Å². The molecule has 1 aromatic heterocycles. The average molecular weight is 275 g/mol. The Morgan fingerprint density at radius 3 is 2.85 bits per heavy atom. The second-order valence-electron chi connectivity index (χ2n) is 5.61. The Hall–Kier alpha value is -1.39. The first-order valence-corrected chi connectivity index (χ1v) is 7.44. The van der Waals surface area contributed by atoms with Crippen LogP contribution < -0.4 is 5.32 Å². The van der Waals surface area contributed by atoms with Gasteiger partial charge in [-0.1, -0.05) is 0 Å². The molecule has 0 unspecified atom stereocenters. The zero-order chi connectivity index (χ0) is 13.9. The number of aromatic amines is 1. The number of aromatic nitrogens is 1. The highest BCUT2D eigenvalue weighted by atomic mass is 19.1. The van der Waals surface area contributed by atoms with Crippen LogP contribution >= 0.6 is 0 Å². The summed E-state index contributed by atoms with van der Waals surface area (Å²) in [6.45, 7) is 7.74. The van der Waals surface area contributed by atoms with E-state index in [1.807, 2.05) is 6.07 Å². The molecule has 0 saturated carbocycles. The predicted molar refractivity (Wildman–Crippen MR) is 80.6 cm³/mol. The lowest BCUT2D eigenvalue weighted by Crippen LogP contribution is -2.43. The van der Waals surface area contributed by atoms with E-state index in [1.54, 1.807) is 12.1 Å². The van der Waals surface area contributed by atoms with Gasteiger partial charge in [-0.3, -0.25) is 0 Å². The number of halogens is 1. The normalized spacial score (nSPS) is 16.9. The summed E-state index contributed by atoms with van der Waals surface area (Å²) in [5.74, 6) is -0.175. The minimum absolute atomic E-state index is 0.175. The van der Waals surface area contributed by atoms with E-state index >= 15 is 0 Å². The highest BCUT2D eigenvalue weighted by Gasteiger charge is 2.11. The molecule has 1 aromatic carbocycles. The molecular weight excluding hydrogens is 253 g/mol. The number of fused-ring (bicyclic) bond motifs is 1. The van der Waals surface area contributed by atoms with Gasteiger partial charge in [-0.2, -0.15) is 0 Å². The Labute approximate surface area is 119 Å². The largest absolute Gasteiger partial charge is 0.358 e. The maximum atomic E-state index is 13.2. The Kier molecular flexibility index (Phi) is 4.03. The molecule has 0 amide bonds. The van der Waals surface area contributed by atoms with Crippen molar-refractivity contribution in [1.82, 2.24) is 15.2 Å². The molecule has 20 heavy (non-hydrogen) atoms. The molecule has 0 radical (unpaired) electrons. The number of benzene rings is 1. The summed E-state index contributed by atoms with van der Waals surface area (Å²) in [5.41, 5.74) is 3.43. The number of piperazine rings is 1. The molecule has 3 nitrogen and oxygen atoms in total. The first kappa shape index (κ1) is 13.6. The van der Waals surface area contributed by atoms with E-state index in [0.29, 0.717) is 0 Å². The van der Waals surface area contributed by atoms with Crippen LogP contribution in [-0.4, -0.2) is 42.6 Å². The lowest BCUT2D eigenvalue weighted by atomic mass is 10.1. The molecule has 2 heterocycles.